The van der Waals surface area contributed by atoms with Crippen LogP contribution in [0.3, 0.4) is 0 Å². The smallest absolute Gasteiger partial charge is 0.320 e. The van der Waals surface area contributed by atoms with Crippen molar-refractivity contribution in [1.82, 2.24) is 0 Å². The van der Waals surface area contributed by atoms with Gasteiger partial charge in [-0.05, 0) is 6.92 Å². The molecule has 6 N–H and O–H groups in total. The van der Waals surface area contributed by atoms with E-state index in [9.17, 15) is 4.79 Å². The average Bonchev–Trinajstić information content (AvgIpc) is 2.06. The zero-order valence-corrected chi connectivity index (χ0v) is 7.77. The van der Waals surface area contributed by atoms with E-state index in [1.807, 2.05) is 0 Å². The first-order chi connectivity index (χ1) is 6.06. The highest BCUT2D eigenvalue weighted by Gasteiger charge is 1.99. The van der Waals surface area contributed by atoms with Gasteiger partial charge in [-0.3, -0.25) is 4.79 Å². The molecule has 0 saturated carbocycles. The Hall–Kier alpha value is -0.690. The maximum Gasteiger partial charge on any atom is 0.320 e. The summed E-state index contributed by atoms with van der Waals surface area (Å²) in [6.45, 7) is 2.97. The molecule has 0 aliphatic rings. The lowest BCUT2D eigenvalue weighted by Crippen LogP contribution is -2.25. The zero-order valence-electron chi connectivity index (χ0n) is 7.77. The molecule has 13 heavy (non-hydrogen) atoms. The van der Waals surface area contributed by atoms with Crippen LogP contribution in [0.1, 0.15) is 6.92 Å². The number of aliphatic carboxylic acids is 1. The van der Waals surface area contributed by atoms with Crippen LogP contribution in [0.5, 0.6) is 0 Å². The summed E-state index contributed by atoms with van der Waals surface area (Å²) in [5.41, 5.74) is 9.90. The van der Waals surface area contributed by atoms with Gasteiger partial charge in [0.1, 0.15) is 6.04 Å². The Labute approximate surface area is 77.5 Å². The lowest BCUT2D eigenvalue weighted by Gasteiger charge is -1.95. The van der Waals surface area contributed by atoms with E-state index in [-0.39, 0.29) is 6.61 Å². The van der Waals surface area contributed by atoms with Crippen LogP contribution in [0.15, 0.2) is 0 Å². The van der Waals surface area contributed by atoms with Crippen LogP contribution >= 0.6 is 0 Å². The second-order valence-electron chi connectivity index (χ2n) is 2.25. The van der Waals surface area contributed by atoms with Crippen molar-refractivity contribution in [2.45, 2.75) is 13.0 Å². The van der Waals surface area contributed by atoms with Gasteiger partial charge in [0, 0.05) is 6.54 Å². The van der Waals surface area contributed by atoms with E-state index < -0.39 is 12.0 Å². The molecule has 1 atom stereocenters. The summed E-state index contributed by atoms with van der Waals surface area (Å²) in [5.74, 6) is -0.963. The Kier molecular flexibility index (Phi) is 12.9. The van der Waals surface area contributed by atoms with Gasteiger partial charge in [0.25, 0.3) is 0 Å². The number of hydrogen-bond acceptors (Lipinski definition) is 5. The standard InChI is InChI=1S/C4H11NO2.C3H7NO2/c5-1-3-7-4-2-6;1-2(4)3(5)6/h6H,1-5H2;2H,4H2,1H3,(H,5,6). The fourth-order valence-electron chi connectivity index (χ4n) is 0.250. The number of rotatable bonds is 5. The number of nitrogens with two attached hydrogens (primary N) is 2. The van der Waals surface area contributed by atoms with Crippen molar-refractivity contribution < 1.29 is 19.7 Å². The predicted molar refractivity (Wildman–Crippen MR) is 48.2 cm³/mol. The summed E-state index contributed by atoms with van der Waals surface area (Å²) < 4.78 is 4.76. The van der Waals surface area contributed by atoms with Crippen molar-refractivity contribution >= 4 is 5.97 Å². The van der Waals surface area contributed by atoms with Crippen LogP contribution in [0.4, 0.5) is 0 Å². The molecule has 0 aromatic heterocycles. The Morgan fingerprint density at radius 2 is 2.00 bits per heavy atom. The maximum atomic E-state index is 9.57. The number of ether oxygens (including phenoxy) is 1. The van der Waals surface area contributed by atoms with Crippen molar-refractivity contribution in [3.05, 3.63) is 0 Å². The zero-order chi connectivity index (χ0) is 10.7. The monoisotopic (exact) mass is 194 g/mol. The highest BCUT2D eigenvalue weighted by atomic mass is 16.5. The second kappa shape index (κ2) is 11.3. The Bertz CT molecular complexity index is 115. The summed E-state index contributed by atoms with van der Waals surface area (Å²) in [4.78, 5) is 9.57. The van der Waals surface area contributed by atoms with E-state index in [0.29, 0.717) is 19.8 Å². The number of carbonyl (C=O) groups is 1. The van der Waals surface area contributed by atoms with Crippen LogP contribution < -0.4 is 11.5 Å². The van der Waals surface area contributed by atoms with Gasteiger partial charge in [0.05, 0.1) is 19.8 Å². The van der Waals surface area contributed by atoms with Gasteiger partial charge in [-0.25, -0.2) is 0 Å². The molecule has 1 unspecified atom stereocenters. The topological polar surface area (TPSA) is 119 Å². The van der Waals surface area contributed by atoms with Crippen molar-refractivity contribution in [1.29, 1.82) is 0 Å². The third-order valence-corrected chi connectivity index (χ3v) is 0.887. The maximum absolute atomic E-state index is 9.57. The van der Waals surface area contributed by atoms with Gasteiger partial charge in [-0.2, -0.15) is 0 Å². The predicted octanol–water partition coefficient (Wildman–Crippen LogP) is -1.63. The van der Waals surface area contributed by atoms with Crippen LogP contribution in [0, 0.1) is 0 Å². The molecule has 0 bridgehead atoms. The molecule has 0 aliphatic carbocycles. The van der Waals surface area contributed by atoms with Crippen LogP contribution in [0.25, 0.3) is 0 Å². The molecule has 0 aromatic carbocycles. The minimum Gasteiger partial charge on any atom is -0.480 e. The molecule has 0 aliphatic heterocycles. The molecule has 0 fully saturated rings. The molecule has 80 valence electrons. The first kappa shape index (κ1) is 14.8. The van der Waals surface area contributed by atoms with Crippen LogP contribution in [0.2, 0.25) is 0 Å². The van der Waals surface area contributed by atoms with Crippen molar-refractivity contribution in [3.8, 4) is 0 Å². The van der Waals surface area contributed by atoms with Gasteiger partial charge >= 0.3 is 5.97 Å². The summed E-state index contributed by atoms with van der Waals surface area (Å²) in [7, 11) is 0. The fourth-order valence-corrected chi connectivity index (χ4v) is 0.250. The van der Waals surface area contributed by atoms with Gasteiger partial charge in [0.2, 0.25) is 0 Å². The van der Waals surface area contributed by atoms with E-state index in [4.69, 9.17) is 26.4 Å². The average molecular weight is 194 g/mol. The summed E-state index contributed by atoms with van der Waals surface area (Å²) in [6, 6.07) is -0.731. The molecule has 0 saturated heterocycles. The number of hydrogen-bond donors (Lipinski definition) is 4. The molecule has 0 spiro atoms. The second-order valence-corrected chi connectivity index (χ2v) is 2.25. The summed E-state index contributed by atoms with van der Waals surface area (Å²) in [5, 5.41) is 16.0. The van der Waals surface area contributed by atoms with E-state index in [0.717, 1.165) is 0 Å². The Morgan fingerprint density at radius 3 is 2.23 bits per heavy atom. The van der Waals surface area contributed by atoms with Gasteiger partial charge in [-0.1, -0.05) is 0 Å². The molecule has 6 heteroatoms. The molecule has 0 amide bonds. The normalized spacial score (nSPS) is 11.4. The Balaban J connectivity index is 0. The van der Waals surface area contributed by atoms with Gasteiger partial charge < -0.3 is 26.4 Å². The number of aliphatic hydroxyl groups excluding tert-OH is 1. The first-order valence-corrected chi connectivity index (χ1v) is 3.93. The van der Waals surface area contributed by atoms with E-state index in [2.05, 4.69) is 0 Å². The number of carboxylic acids is 1. The summed E-state index contributed by atoms with van der Waals surface area (Å²) in [6.07, 6.45) is 0. The molecule has 0 radical (unpaired) electrons. The third-order valence-electron chi connectivity index (χ3n) is 0.887. The van der Waals surface area contributed by atoms with Crippen molar-refractivity contribution in [2.24, 2.45) is 11.5 Å². The number of aliphatic hydroxyl groups is 1. The lowest BCUT2D eigenvalue weighted by atomic mass is 10.4. The molecule has 6 nitrogen and oxygen atoms in total. The van der Waals surface area contributed by atoms with Crippen LogP contribution in [-0.2, 0) is 9.53 Å². The molecular formula is C7H18N2O4. The minimum absolute atomic E-state index is 0.0833. The minimum atomic E-state index is -0.963. The molecule has 0 rings (SSSR count). The van der Waals surface area contributed by atoms with E-state index in [1.54, 1.807) is 0 Å². The molecule has 0 aromatic rings. The first-order valence-electron chi connectivity index (χ1n) is 3.93. The third kappa shape index (κ3) is 18.3. The molecular weight excluding hydrogens is 176 g/mol. The number of carboxylic acid groups (broad SMARTS) is 1. The highest BCUT2D eigenvalue weighted by molar-refractivity contribution is 5.72. The lowest BCUT2D eigenvalue weighted by molar-refractivity contribution is -0.138. The van der Waals surface area contributed by atoms with Crippen LogP contribution in [-0.4, -0.2) is 48.6 Å². The largest absolute Gasteiger partial charge is 0.480 e. The van der Waals surface area contributed by atoms with Gasteiger partial charge in [-0.15, -0.1) is 0 Å². The quantitative estimate of drug-likeness (QED) is 0.390. The molecule has 0 heterocycles. The van der Waals surface area contributed by atoms with E-state index in [1.165, 1.54) is 6.92 Å². The van der Waals surface area contributed by atoms with Crippen molar-refractivity contribution in [2.75, 3.05) is 26.4 Å². The van der Waals surface area contributed by atoms with Gasteiger partial charge in [0.15, 0.2) is 0 Å². The summed E-state index contributed by atoms with van der Waals surface area (Å²) >= 11 is 0. The highest BCUT2D eigenvalue weighted by Crippen LogP contribution is 1.68. The van der Waals surface area contributed by atoms with Crippen molar-refractivity contribution in [3.63, 3.8) is 0 Å². The van der Waals surface area contributed by atoms with E-state index >= 15 is 0 Å². The fraction of sp³-hybridized carbons (Fsp3) is 0.857. The Morgan fingerprint density at radius 1 is 1.54 bits per heavy atom. The SMILES string of the molecule is CC(N)C(=O)O.NCCOCCO.